The lowest BCUT2D eigenvalue weighted by Crippen LogP contribution is -2.25. The topological polar surface area (TPSA) is 90.3 Å². The number of hydrogen-bond acceptors (Lipinski definition) is 4. The Morgan fingerprint density at radius 2 is 2.22 bits per heavy atom. The zero-order valence-electron chi connectivity index (χ0n) is 10.0. The van der Waals surface area contributed by atoms with Crippen molar-refractivity contribution in [2.75, 3.05) is 0 Å². The maximum atomic E-state index is 11.9. The van der Waals surface area contributed by atoms with E-state index >= 15 is 0 Å². The summed E-state index contributed by atoms with van der Waals surface area (Å²) in [6.45, 7) is 3.98. The van der Waals surface area contributed by atoms with Crippen LogP contribution in [0.2, 0.25) is 0 Å². The van der Waals surface area contributed by atoms with Crippen molar-refractivity contribution >= 4 is 5.97 Å². The van der Waals surface area contributed by atoms with Gasteiger partial charge in [-0.25, -0.2) is 9.59 Å². The van der Waals surface area contributed by atoms with E-state index < -0.39 is 5.97 Å². The van der Waals surface area contributed by atoms with E-state index in [1.54, 1.807) is 17.0 Å². The van der Waals surface area contributed by atoms with Gasteiger partial charge in [-0.3, -0.25) is 9.13 Å². The zero-order chi connectivity index (χ0) is 13.3. The molecule has 96 valence electrons. The number of aromatic nitrogens is 3. The molecule has 2 rings (SSSR count). The average Bonchev–Trinajstić information content (AvgIpc) is 2.87. The van der Waals surface area contributed by atoms with Crippen LogP contribution in [0.5, 0.6) is 0 Å². The first kappa shape index (κ1) is 12.2. The molecule has 0 saturated heterocycles. The van der Waals surface area contributed by atoms with E-state index in [-0.39, 0.29) is 24.0 Å². The number of rotatable bonds is 4. The lowest BCUT2D eigenvalue weighted by molar-refractivity contribution is 0.0685. The molecule has 0 saturated carbocycles. The molecule has 0 radical (unpaired) electrons. The molecule has 0 bridgehead atoms. The molecule has 2 aromatic rings. The summed E-state index contributed by atoms with van der Waals surface area (Å²) < 4.78 is 7.87. The van der Waals surface area contributed by atoms with E-state index in [9.17, 15) is 9.59 Å². The third kappa shape index (κ3) is 2.20. The van der Waals surface area contributed by atoms with E-state index in [0.29, 0.717) is 5.76 Å². The number of carbonyl (C=O) groups is 1. The Morgan fingerprint density at radius 1 is 1.50 bits per heavy atom. The van der Waals surface area contributed by atoms with E-state index in [1.165, 1.54) is 10.6 Å². The number of aromatic carboxylic acids is 1. The van der Waals surface area contributed by atoms with Gasteiger partial charge in [-0.05, 0) is 13.8 Å². The van der Waals surface area contributed by atoms with Crippen LogP contribution in [0.25, 0.3) is 0 Å². The van der Waals surface area contributed by atoms with Crippen molar-refractivity contribution in [1.82, 2.24) is 14.3 Å². The predicted molar refractivity (Wildman–Crippen MR) is 61.6 cm³/mol. The second kappa shape index (κ2) is 4.52. The molecule has 0 aliphatic carbocycles. The van der Waals surface area contributed by atoms with Gasteiger partial charge in [-0.15, -0.1) is 0 Å². The van der Waals surface area contributed by atoms with Crippen LogP contribution in [0.3, 0.4) is 0 Å². The molecule has 0 atom stereocenters. The van der Waals surface area contributed by atoms with Crippen LogP contribution >= 0.6 is 0 Å². The van der Waals surface area contributed by atoms with Gasteiger partial charge in [0.1, 0.15) is 0 Å². The van der Waals surface area contributed by atoms with Gasteiger partial charge in [0.15, 0.2) is 11.5 Å². The summed E-state index contributed by atoms with van der Waals surface area (Å²) in [5.41, 5.74) is -0.334. The van der Waals surface area contributed by atoms with Crippen LogP contribution < -0.4 is 5.69 Å². The first-order chi connectivity index (χ1) is 8.49. The van der Waals surface area contributed by atoms with Gasteiger partial charge in [0.25, 0.3) is 0 Å². The molecule has 1 N–H and O–H groups in total. The van der Waals surface area contributed by atoms with Crippen LogP contribution in [0.1, 0.15) is 36.1 Å². The normalized spacial score (nSPS) is 11.1. The molecule has 0 aliphatic heterocycles. The van der Waals surface area contributed by atoms with Gasteiger partial charge in [0, 0.05) is 24.5 Å². The van der Waals surface area contributed by atoms with Crippen LogP contribution in [-0.4, -0.2) is 25.4 Å². The molecular formula is C11H13N3O4. The van der Waals surface area contributed by atoms with Crippen LogP contribution in [0.4, 0.5) is 0 Å². The second-order valence-corrected chi connectivity index (χ2v) is 4.19. The minimum atomic E-state index is -1.16. The van der Waals surface area contributed by atoms with Gasteiger partial charge in [-0.1, -0.05) is 5.16 Å². The highest BCUT2D eigenvalue weighted by molar-refractivity contribution is 5.85. The molecule has 2 aromatic heterocycles. The van der Waals surface area contributed by atoms with Crippen molar-refractivity contribution in [3.63, 3.8) is 0 Å². The Morgan fingerprint density at radius 3 is 2.72 bits per heavy atom. The first-order valence-electron chi connectivity index (χ1n) is 5.45. The van der Waals surface area contributed by atoms with Gasteiger partial charge in [-0.2, -0.15) is 0 Å². The fraction of sp³-hybridized carbons (Fsp3) is 0.364. The third-order valence-electron chi connectivity index (χ3n) is 2.53. The van der Waals surface area contributed by atoms with Crippen molar-refractivity contribution in [3.05, 3.63) is 40.4 Å². The summed E-state index contributed by atoms with van der Waals surface area (Å²) in [7, 11) is 0. The average molecular weight is 251 g/mol. The lowest BCUT2D eigenvalue weighted by Gasteiger charge is -2.03. The summed E-state index contributed by atoms with van der Waals surface area (Å²) in [6.07, 6.45) is 3.31. The highest BCUT2D eigenvalue weighted by Gasteiger charge is 2.13. The molecular weight excluding hydrogens is 238 g/mol. The molecule has 7 nitrogen and oxygen atoms in total. The van der Waals surface area contributed by atoms with Crippen molar-refractivity contribution in [2.45, 2.75) is 26.4 Å². The van der Waals surface area contributed by atoms with E-state index in [0.717, 1.165) is 0 Å². The highest BCUT2D eigenvalue weighted by atomic mass is 16.5. The summed E-state index contributed by atoms with van der Waals surface area (Å²) >= 11 is 0. The van der Waals surface area contributed by atoms with E-state index in [2.05, 4.69) is 5.16 Å². The van der Waals surface area contributed by atoms with Crippen molar-refractivity contribution in [1.29, 1.82) is 0 Å². The number of nitrogens with zero attached hydrogens (tertiary/aromatic N) is 3. The van der Waals surface area contributed by atoms with Gasteiger partial charge < -0.3 is 9.63 Å². The second-order valence-electron chi connectivity index (χ2n) is 4.19. The molecule has 2 heterocycles. The monoisotopic (exact) mass is 251 g/mol. The minimum absolute atomic E-state index is 0.0723. The summed E-state index contributed by atoms with van der Waals surface area (Å²) in [5, 5.41) is 12.1. The van der Waals surface area contributed by atoms with E-state index in [1.807, 2.05) is 13.8 Å². The Kier molecular flexibility index (Phi) is 3.05. The van der Waals surface area contributed by atoms with E-state index in [4.69, 9.17) is 9.63 Å². The number of imidazole rings is 1. The Balaban J connectivity index is 2.23. The molecule has 7 heteroatoms. The molecule has 0 aromatic carbocycles. The number of hydrogen-bond donors (Lipinski definition) is 1. The van der Waals surface area contributed by atoms with Gasteiger partial charge in [0.05, 0.1) is 6.54 Å². The molecule has 0 amide bonds. The SMILES string of the molecule is CC(C)n1ccn(Cc2cc(C(=O)O)no2)c1=O. The fourth-order valence-electron chi connectivity index (χ4n) is 1.60. The molecule has 0 unspecified atom stereocenters. The Hall–Kier alpha value is -2.31. The zero-order valence-corrected chi connectivity index (χ0v) is 10.0. The molecule has 18 heavy (non-hydrogen) atoms. The van der Waals surface area contributed by atoms with Gasteiger partial charge >= 0.3 is 11.7 Å². The maximum absolute atomic E-state index is 11.9. The molecule has 0 spiro atoms. The van der Waals surface area contributed by atoms with Crippen LogP contribution in [0.15, 0.2) is 27.8 Å². The Bertz CT molecular complexity index is 620. The summed E-state index contributed by atoms with van der Waals surface area (Å²) in [6, 6.07) is 1.38. The first-order valence-corrected chi connectivity index (χ1v) is 5.45. The number of carboxylic acids is 1. The largest absolute Gasteiger partial charge is 0.476 e. The lowest BCUT2D eigenvalue weighted by atomic mass is 10.3. The summed E-state index contributed by atoms with van der Waals surface area (Å²) in [4.78, 5) is 22.5. The molecule has 0 aliphatic rings. The predicted octanol–water partition coefficient (Wildman–Crippen LogP) is 0.965. The Labute approximate surface area is 102 Å². The van der Waals surface area contributed by atoms with Crippen LogP contribution in [0, 0.1) is 0 Å². The number of carboxylic acid groups (broad SMARTS) is 1. The van der Waals surface area contributed by atoms with Crippen molar-refractivity contribution in [2.24, 2.45) is 0 Å². The van der Waals surface area contributed by atoms with Gasteiger partial charge in [0.2, 0.25) is 0 Å². The van der Waals surface area contributed by atoms with Crippen molar-refractivity contribution in [3.8, 4) is 0 Å². The quantitative estimate of drug-likeness (QED) is 0.874. The maximum Gasteiger partial charge on any atom is 0.358 e. The summed E-state index contributed by atoms with van der Waals surface area (Å²) in [5.74, 6) is -0.826. The van der Waals surface area contributed by atoms with Crippen LogP contribution in [-0.2, 0) is 6.54 Å². The fourth-order valence-corrected chi connectivity index (χ4v) is 1.60. The minimum Gasteiger partial charge on any atom is -0.476 e. The third-order valence-corrected chi connectivity index (χ3v) is 2.53. The highest BCUT2D eigenvalue weighted by Crippen LogP contribution is 2.06. The smallest absolute Gasteiger partial charge is 0.358 e. The van der Waals surface area contributed by atoms with Crippen molar-refractivity contribution < 1.29 is 14.4 Å². The molecule has 0 fully saturated rings. The standard InChI is InChI=1S/C11H13N3O4/c1-7(2)14-4-3-13(11(14)17)6-8-5-9(10(15)16)12-18-8/h3-5,7H,6H2,1-2H3,(H,15,16).